The van der Waals surface area contributed by atoms with E-state index in [1.54, 1.807) is 7.11 Å². The van der Waals surface area contributed by atoms with Crippen LogP contribution in [0.15, 0.2) is 46.9 Å². The molecule has 0 aliphatic carbocycles. The van der Waals surface area contributed by atoms with Gasteiger partial charge in [0.05, 0.1) is 7.11 Å². The quantitative estimate of drug-likeness (QED) is 0.676. The van der Waals surface area contributed by atoms with Gasteiger partial charge in [0.1, 0.15) is 6.61 Å². The zero-order valence-corrected chi connectivity index (χ0v) is 16.8. The number of hydrogen-bond donors (Lipinski definition) is 2. The molecule has 0 unspecified atom stereocenters. The minimum Gasteiger partial charge on any atom is -0.493 e. The van der Waals surface area contributed by atoms with Crippen LogP contribution < -0.4 is 20.1 Å². The molecule has 0 aromatic heterocycles. The molecule has 1 aliphatic rings. The zero-order chi connectivity index (χ0) is 18.2. The van der Waals surface area contributed by atoms with Gasteiger partial charge in [-0.05, 0) is 56.1 Å². The number of ether oxygens (including phenoxy) is 2. The fourth-order valence-electron chi connectivity index (χ4n) is 3.28. The maximum atomic E-state index is 6.16. The third kappa shape index (κ3) is 5.22. The van der Waals surface area contributed by atoms with Crippen molar-refractivity contribution in [3.05, 3.63) is 58.1 Å². The molecule has 2 aromatic rings. The SMILES string of the molecule is COc1ccc(Br)c(CNCC2CCNCC2)c1OCc1ccccc1. The van der Waals surface area contributed by atoms with Crippen LogP contribution in [0.5, 0.6) is 11.5 Å². The summed E-state index contributed by atoms with van der Waals surface area (Å²) in [6.45, 7) is 4.56. The van der Waals surface area contributed by atoms with Gasteiger partial charge in [-0.3, -0.25) is 0 Å². The molecule has 5 heteroatoms. The number of piperidine rings is 1. The molecule has 1 heterocycles. The van der Waals surface area contributed by atoms with Gasteiger partial charge in [-0.25, -0.2) is 0 Å². The largest absolute Gasteiger partial charge is 0.493 e. The number of rotatable bonds is 8. The summed E-state index contributed by atoms with van der Waals surface area (Å²) in [7, 11) is 1.69. The highest BCUT2D eigenvalue weighted by Gasteiger charge is 2.17. The Labute approximate surface area is 164 Å². The van der Waals surface area contributed by atoms with Crippen LogP contribution in [-0.2, 0) is 13.2 Å². The van der Waals surface area contributed by atoms with E-state index in [-0.39, 0.29) is 0 Å². The number of hydrogen-bond acceptors (Lipinski definition) is 4. The van der Waals surface area contributed by atoms with Crippen molar-refractivity contribution in [1.29, 1.82) is 0 Å². The third-order valence-electron chi connectivity index (χ3n) is 4.81. The summed E-state index contributed by atoms with van der Waals surface area (Å²) in [5.41, 5.74) is 2.25. The first-order valence-corrected chi connectivity index (χ1v) is 10.0. The van der Waals surface area contributed by atoms with E-state index in [9.17, 15) is 0 Å². The summed E-state index contributed by atoms with van der Waals surface area (Å²) in [4.78, 5) is 0. The lowest BCUT2D eigenvalue weighted by Gasteiger charge is -2.23. The molecule has 1 fully saturated rings. The molecule has 140 valence electrons. The average Bonchev–Trinajstić information content (AvgIpc) is 2.69. The Balaban J connectivity index is 1.68. The first-order chi connectivity index (χ1) is 12.8. The highest BCUT2D eigenvalue weighted by Crippen LogP contribution is 2.36. The Morgan fingerprint density at radius 2 is 1.88 bits per heavy atom. The maximum absolute atomic E-state index is 6.16. The van der Waals surface area contributed by atoms with Gasteiger partial charge >= 0.3 is 0 Å². The van der Waals surface area contributed by atoms with Crippen LogP contribution in [0.4, 0.5) is 0 Å². The first kappa shape index (κ1) is 19.2. The number of nitrogens with one attached hydrogen (secondary N) is 2. The Bertz CT molecular complexity index is 688. The lowest BCUT2D eigenvalue weighted by molar-refractivity contribution is 0.279. The Morgan fingerprint density at radius 1 is 1.12 bits per heavy atom. The molecule has 26 heavy (non-hydrogen) atoms. The summed E-state index contributed by atoms with van der Waals surface area (Å²) in [5.74, 6) is 2.32. The standard InChI is InChI=1S/C21H27BrN2O2/c1-25-20-8-7-19(22)18(14-24-13-16-9-11-23-12-10-16)21(20)26-15-17-5-3-2-4-6-17/h2-8,16,23-24H,9-15H2,1H3. The molecule has 2 aromatic carbocycles. The highest BCUT2D eigenvalue weighted by atomic mass is 79.9. The fourth-order valence-corrected chi connectivity index (χ4v) is 3.74. The molecular formula is C21H27BrN2O2. The predicted octanol–water partition coefficient (Wildman–Crippen LogP) is 4.13. The van der Waals surface area contributed by atoms with Gasteiger partial charge in [-0.15, -0.1) is 0 Å². The summed E-state index contributed by atoms with van der Waals surface area (Å²) >= 11 is 3.68. The van der Waals surface area contributed by atoms with Crippen LogP contribution >= 0.6 is 15.9 Å². The Kier molecular flexibility index (Phi) is 7.35. The lowest BCUT2D eigenvalue weighted by Crippen LogP contribution is -2.33. The predicted molar refractivity (Wildman–Crippen MR) is 109 cm³/mol. The van der Waals surface area contributed by atoms with Crippen molar-refractivity contribution in [2.75, 3.05) is 26.7 Å². The van der Waals surface area contributed by atoms with Crippen molar-refractivity contribution in [3.63, 3.8) is 0 Å². The van der Waals surface area contributed by atoms with Crippen LogP contribution in [0.2, 0.25) is 0 Å². The van der Waals surface area contributed by atoms with E-state index in [4.69, 9.17) is 9.47 Å². The smallest absolute Gasteiger partial charge is 0.167 e. The van der Waals surface area contributed by atoms with E-state index in [0.717, 1.165) is 59.2 Å². The summed E-state index contributed by atoms with van der Waals surface area (Å²) in [6.07, 6.45) is 2.48. The van der Waals surface area contributed by atoms with Crippen molar-refractivity contribution in [2.24, 2.45) is 5.92 Å². The molecule has 0 radical (unpaired) electrons. The second-order valence-electron chi connectivity index (χ2n) is 6.66. The lowest BCUT2D eigenvalue weighted by atomic mass is 9.98. The van der Waals surface area contributed by atoms with Gasteiger partial charge < -0.3 is 20.1 Å². The minimum atomic E-state index is 0.523. The number of benzene rings is 2. The van der Waals surface area contributed by atoms with Gasteiger partial charge in [0.25, 0.3) is 0 Å². The van der Waals surface area contributed by atoms with Crippen LogP contribution in [0.1, 0.15) is 24.0 Å². The second kappa shape index (κ2) is 9.95. The number of methoxy groups -OCH3 is 1. The summed E-state index contributed by atoms with van der Waals surface area (Å²) in [6, 6.07) is 14.2. The van der Waals surface area contributed by atoms with Gasteiger partial charge in [0.2, 0.25) is 0 Å². The molecule has 2 N–H and O–H groups in total. The normalized spacial score (nSPS) is 15.0. The zero-order valence-electron chi connectivity index (χ0n) is 15.3. The van der Waals surface area contributed by atoms with E-state index in [1.165, 1.54) is 12.8 Å². The van der Waals surface area contributed by atoms with Crippen LogP contribution in [0.25, 0.3) is 0 Å². The van der Waals surface area contributed by atoms with Gasteiger partial charge in [-0.1, -0.05) is 46.3 Å². The van der Waals surface area contributed by atoms with Gasteiger partial charge in [0, 0.05) is 16.6 Å². The Hall–Kier alpha value is -1.56. The fraction of sp³-hybridized carbons (Fsp3) is 0.429. The van der Waals surface area contributed by atoms with E-state index in [2.05, 4.69) is 38.7 Å². The molecule has 0 saturated carbocycles. The molecular weight excluding hydrogens is 392 g/mol. The maximum Gasteiger partial charge on any atom is 0.167 e. The van der Waals surface area contributed by atoms with Crippen molar-refractivity contribution < 1.29 is 9.47 Å². The van der Waals surface area contributed by atoms with Crippen LogP contribution in [-0.4, -0.2) is 26.7 Å². The molecule has 0 spiro atoms. The molecule has 3 rings (SSSR count). The summed E-state index contributed by atoms with van der Waals surface area (Å²) < 4.78 is 12.7. The van der Waals surface area contributed by atoms with E-state index >= 15 is 0 Å². The molecule has 0 atom stereocenters. The third-order valence-corrected chi connectivity index (χ3v) is 5.55. The van der Waals surface area contributed by atoms with Gasteiger partial charge in [0.15, 0.2) is 11.5 Å². The monoisotopic (exact) mass is 418 g/mol. The van der Waals surface area contributed by atoms with E-state index in [1.807, 2.05) is 30.3 Å². The molecule has 1 saturated heterocycles. The molecule has 4 nitrogen and oxygen atoms in total. The molecule has 0 amide bonds. The Morgan fingerprint density at radius 3 is 2.62 bits per heavy atom. The second-order valence-corrected chi connectivity index (χ2v) is 7.51. The van der Waals surface area contributed by atoms with Gasteiger partial charge in [-0.2, -0.15) is 0 Å². The van der Waals surface area contributed by atoms with Crippen molar-refractivity contribution >= 4 is 15.9 Å². The van der Waals surface area contributed by atoms with E-state index < -0.39 is 0 Å². The van der Waals surface area contributed by atoms with E-state index in [0.29, 0.717) is 6.61 Å². The minimum absolute atomic E-state index is 0.523. The van der Waals surface area contributed by atoms with Crippen molar-refractivity contribution in [2.45, 2.75) is 26.0 Å². The van der Waals surface area contributed by atoms with Crippen LogP contribution in [0.3, 0.4) is 0 Å². The number of halogens is 1. The van der Waals surface area contributed by atoms with Crippen LogP contribution in [0, 0.1) is 5.92 Å². The topological polar surface area (TPSA) is 42.5 Å². The van der Waals surface area contributed by atoms with Crippen molar-refractivity contribution in [1.82, 2.24) is 10.6 Å². The molecule has 1 aliphatic heterocycles. The van der Waals surface area contributed by atoms with Crippen molar-refractivity contribution in [3.8, 4) is 11.5 Å². The molecule has 0 bridgehead atoms. The summed E-state index contributed by atoms with van der Waals surface area (Å²) in [5, 5.41) is 7.03. The first-order valence-electron chi connectivity index (χ1n) is 9.21. The highest BCUT2D eigenvalue weighted by molar-refractivity contribution is 9.10. The average molecular weight is 419 g/mol.